The smallest absolute Gasteiger partial charge is 0.408 e. The monoisotopic (exact) mass is 323 g/mol. The lowest BCUT2D eigenvalue weighted by Gasteiger charge is -2.29. The molecule has 1 unspecified atom stereocenters. The SMILES string of the molecule is O=C(O)N[C@H]1CCN(C(c2ccc(Cl)nc2)C(F)(F)F)C1. The summed E-state index contributed by atoms with van der Waals surface area (Å²) in [7, 11) is 0. The lowest BCUT2D eigenvalue weighted by molar-refractivity contribution is -0.183. The topological polar surface area (TPSA) is 65.5 Å². The van der Waals surface area contributed by atoms with E-state index in [0.29, 0.717) is 6.42 Å². The average Bonchev–Trinajstić information content (AvgIpc) is 2.77. The first kappa shape index (κ1) is 15.8. The molecule has 2 heterocycles. The number of alkyl halides is 3. The van der Waals surface area contributed by atoms with Gasteiger partial charge in [-0.15, -0.1) is 0 Å². The van der Waals surface area contributed by atoms with Crippen LogP contribution in [0.15, 0.2) is 18.3 Å². The largest absolute Gasteiger partial charge is 0.465 e. The number of amides is 1. The number of carbonyl (C=O) groups is 1. The molecule has 1 aromatic rings. The zero-order valence-corrected chi connectivity index (χ0v) is 11.5. The Morgan fingerprint density at radius 2 is 2.24 bits per heavy atom. The number of aromatic nitrogens is 1. The van der Waals surface area contributed by atoms with Crippen LogP contribution in [0.3, 0.4) is 0 Å². The van der Waals surface area contributed by atoms with E-state index in [1.54, 1.807) is 0 Å². The zero-order chi connectivity index (χ0) is 15.6. The van der Waals surface area contributed by atoms with E-state index in [4.69, 9.17) is 16.7 Å². The first-order chi connectivity index (χ1) is 9.77. The van der Waals surface area contributed by atoms with Crippen molar-refractivity contribution in [1.82, 2.24) is 15.2 Å². The van der Waals surface area contributed by atoms with Crippen LogP contribution < -0.4 is 5.32 Å². The molecule has 21 heavy (non-hydrogen) atoms. The average molecular weight is 324 g/mol. The normalized spacial score (nSPS) is 21.2. The number of likely N-dealkylation sites (tertiary alicyclic amines) is 1. The van der Waals surface area contributed by atoms with E-state index in [9.17, 15) is 18.0 Å². The molecule has 0 saturated carbocycles. The highest BCUT2D eigenvalue weighted by Crippen LogP contribution is 2.39. The fourth-order valence-electron chi connectivity index (χ4n) is 2.47. The van der Waals surface area contributed by atoms with Gasteiger partial charge in [-0.05, 0) is 18.1 Å². The van der Waals surface area contributed by atoms with E-state index in [2.05, 4.69) is 10.3 Å². The Morgan fingerprint density at radius 1 is 1.52 bits per heavy atom. The van der Waals surface area contributed by atoms with Gasteiger partial charge in [0.15, 0.2) is 0 Å². The Balaban J connectivity index is 2.18. The van der Waals surface area contributed by atoms with Crippen molar-refractivity contribution < 1.29 is 23.1 Å². The summed E-state index contributed by atoms with van der Waals surface area (Å²) in [6, 6.07) is 0.264. The summed E-state index contributed by atoms with van der Waals surface area (Å²) in [6.07, 6.45) is -4.29. The van der Waals surface area contributed by atoms with E-state index in [1.165, 1.54) is 17.0 Å². The van der Waals surface area contributed by atoms with Crippen LogP contribution in [-0.4, -0.2) is 46.4 Å². The maximum Gasteiger partial charge on any atom is 0.408 e. The van der Waals surface area contributed by atoms with Gasteiger partial charge in [0.2, 0.25) is 0 Å². The van der Waals surface area contributed by atoms with Crippen molar-refractivity contribution in [2.75, 3.05) is 13.1 Å². The molecule has 2 rings (SSSR count). The summed E-state index contributed by atoms with van der Waals surface area (Å²) in [5, 5.41) is 11.0. The van der Waals surface area contributed by atoms with E-state index in [-0.39, 0.29) is 23.8 Å². The molecule has 2 N–H and O–H groups in total. The van der Waals surface area contributed by atoms with Gasteiger partial charge in [0.1, 0.15) is 11.2 Å². The zero-order valence-electron chi connectivity index (χ0n) is 10.8. The Hall–Kier alpha value is -1.54. The number of hydrogen-bond donors (Lipinski definition) is 2. The van der Waals surface area contributed by atoms with Crippen LogP contribution in [0.25, 0.3) is 0 Å². The summed E-state index contributed by atoms with van der Waals surface area (Å²) in [6.45, 7) is 0.150. The van der Waals surface area contributed by atoms with E-state index >= 15 is 0 Å². The van der Waals surface area contributed by atoms with Crippen LogP contribution in [0.4, 0.5) is 18.0 Å². The maximum atomic E-state index is 13.3. The Kier molecular flexibility index (Phi) is 4.58. The fraction of sp³-hybridized carbons (Fsp3) is 0.500. The highest BCUT2D eigenvalue weighted by atomic mass is 35.5. The van der Waals surface area contributed by atoms with Crippen LogP contribution in [0.5, 0.6) is 0 Å². The minimum Gasteiger partial charge on any atom is -0.465 e. The molecule has 9 heteroatoms. The van der Waals surface area contributed by atoms with E-state index in [1.807, 2.05) is 0 Å². The van der Waals surface area contributed by atoms with Crippen molar-refractivity contribution >= 4 is 17.7 Å². The minimum atomic E-state index is -4.48. The molecular weight excluding hydrogens is 311 g/mol. The van der Waals surface area contributed by atoms with Crippen LogP contribution in [0.1, 0.15) is 18.0 Å². The molecule has 2 atom stereocenters. The number of hydrogen-bond acceptors (Lipinski definition) is 3. The summed E-state index contributed by atoms with van der Waals surface area (Å²) in [5.74, 6) is 0. The molecule has 116 valence electrons. The summed E-state index contributed by atoms with van der Waals surface area (Å²) in [4.78, 5) is 15.4. The Morgan fingerprint density at radius 3 is 2.76 bits per heavy atom. The highest BCUT2D eigenvalue weighted by molar-refractivity contribution is 6.29. The third-order valence-corrected chi connectivity index (χ3v) is 3.51. The lowest BCUT2D eigenvalue weighted by Crippen LogP contribution is -2.40. The summed E-state index contributed by atoms with van der Waals surface area (Å²) in [5.41, 5.74) is -0.0112. The third kappa shape index (κ3) is 3.98. The molecule has 0 radical (unpaired) electrons. The first-order valence-corrected chi connectivity index (χ1v) is 6.57. The summed E-state index contributed by atoms with van der Waals surface area (Å²) < 4.78 is 39.9. The number of halogens is 4. The molecular formula is C12H13ClF3N3O2. The Labute approximate surface area is 123 Å². The molecule has 1 saturated heterocycles. The van der Waals surface area contributed by atoms with Crippen LogP contribution in [-0.2, 0) is 0 Å². The molecule has 1 amide bonds. The number of nitrogens with zero attached hydrogens (tertiary/aromatic N) is 2. The number of carboxylic acid groups (broad SMARTS) is 1. The van der Waals surface area contributed by atoms with Crippen LogP contribution in [0.2, 0.25) is 5.15 Å². The van der Waals surface area contributed by atoms with Crippen molar-refractivity contribution in [3.05, 3.63) is 29.0 Å². The molecule has 0 aromatic carbocycles. The van der Waals surface area contributed by atoms with Gasteiger partial charge in [0.05, 0.1) is 0 Å². The van der Waals surface area contributed by atoms with Gasteiger partial charge in [-0.25, -0.2) is 9.78 Å². The minimum absolute atomic E-state index is 0.000890. The summed E-state index contributed by atoms with van der Waals surface area (Å²) >= 11 is 5.59. The number of nitrogens with one attached hydrogen (secondary N) is 1. The van der Waals surface area contributed by atoms with Crippen LogP contribution in [0, 0.1) is 0 Å². The van der Waals surface area contributed by atoms with Crippen molar-refractivity contribution in [3.8, 4) is 0 Å². The second-order valence-electron chi connectivity index (χ2n) is 4.79. The van der Waals surface area contributed by atoms with Gasteiger partial charge in [-0.2, -0.15) is 13.2 Å². The highest BCUT2D eigenvalue weighted by Gasteiger charge is 2.46. The third-order valence-electron chi connectivity index (χ3n) is 3.29. The molecule has 1 fully saturated rings. The van der Waals surface area contributed by atoms with Crippen molar-refractivity contribution in [2.24, 2.45) is 0 Å². The fourth-order valence-corrected chi connectivity index (χ4v) is 2.58. The molecule has 1 aromatic heterocycles. The standard InChI is InChI=1S/C12H13ClF3N3O2/c13-9-2-1-7(5-17-9)10(12(14,15)16)19-4-3-8(6-19)18-11(20)21/h1-2,5,8,10,18H,3-4,6H2,(H,20,21)/t8-,10?/m0/s1. The van der Waals surface area contributed by atoms with E-state index in [0.717, 1.165) is 6.20 Å². The predicted molar refractivity (Wildman–Crippen MR) is 69.2 cm³/mol. The van der Waals surface area contributed by atoms with Crippen molar-refractivity contribution in [3.63, 3.8) is 0 Å². The van der Waals surface area contributed by atoms with Gasteiger partial charge < -0.3 is 10.4 Å². The Bertz CT molecular complexity index is 509. The molecule has 1 aliphatic rings. The molecule has 5 nitrogen and oxygen atoms in total. The van der Waals surface area contributed by atoms with Gasteiger partial charge in [0.25, 0.3) is 0 Å². The second kappa shape index (κ2) is 6.07. The lowest BCUT2D eigenvalue weighted by atomic mass is 10.1. The van der Waals surface area contributed by atoms with Crippen molar-refractivity contribution in [1.29, 1.82) is 0 Å². The van der Waals surface area contributed by atoms with Gasteiger partial charge >= 0.3 is 12.3 Å². The second-order valence-corrected chi connectivity index (χ2v) is 5.18. The van der Waals surface area contributed by atoms with E-state index < -0.39 is 24.4 Å². The van der Waals surface area contributed by atoms with Gasteiger partial charge in [-0.1, -0.05) is 17.7 Å². The maximum absolute atomic E-state index is 13.3. The van der Waals surface area contributed by atoms with Gasteiger partial charge in [0, 0.05) is 25.3 Å². The number of rotatable bonds is 3. The van der Waals surface area contributed by atoms with Crippen LogP contribution >= 0.6 is 11.6 Å². The quantitative estimate of drug-likeness (QED) is 0.839. The number of pyridine rings is 1. The van der Waals surface area contributed by atoms with Crippen molar-refractivity contribution in [2.45, 2.75) is 24.7 Å². The molecule has 0 bridgehead atoms. The molecule has 0 aliphatic carbocycles. The molecule has 0 spiro atoms. The first-order valence-electron chi connectivity index (χ1n) is 6.19. The van der Waals surface area contributed by atoms with Gasteiger partial charge in [-0.3, -0.25) is 4.90 Å². The molecule has 1 aliphatic heterocycles. The predicted octanol–water partition coefficient (Wildman–Crippen LogP) is 2.68.